The first-order valence-electron chi connectivity index (χ1n) is 5.16. The van der Waals surface area contributed by atoms with Crippen LogP contribution in [0.15, 0.2) is 18.3 Å². The summed E-state index contributed by atoms with van der Waals surface area (Å²) in [5.41, 5.74) is 6.84. The Balaban J connectivity index is 1.99. The van der Waals surface area contributed by atoms with Crippen molar-refractivity contribution in [1.82, 2.24) is 10.3 Å². The number of aromatic nitrogens is 1. The van der Waals surface area contributed by atoms with Gasteiger partial charge in [-0.2, -0.15) is 0 Å². The van der Waals surface area contributed by atoms with Crippen LogP contribution in [0, 0.1) is 5.92 Å². The lowest BCUT2D eigenvalue weighted by molar-refractivity contribution is 0.0944. The van der Waals surface area contributed by atoms with Gasteiger partial charge in [-0.25, -0.2) is 0 Å². The second-order valence-electron chi connectivity index (χ2n) is 4.05. The van der Waals surface area contributed by atoms with Crippen LogP contribution in [0.25, 0.3) is 0 Å². The molecule has 15 heavy (non-hydrogen) atoms. The fourth-order valence-electron chi connectivity index (χ4n) is 1.45. The van der Waals surface area contributed by atoms with Gasteiger partial charge in [0, 0.05) is 18.8 Å². The van der Waals surface area contributed by atoms with Crippen molar-refractivity contribution < 1.29 is 4.79 Å². The van der Waals surface area contributed by atoms with Crippen LogP contribution >= 0.6 is 0 Å². The van der Waals surface area contributed by atoms with Crippen LogP contribution in [0.4, 0.5) is 0 Å². The van der Waals surface area contributed by atoms with Gasteiger partial charge in [0.15, 0.2) is 0 Å². The normalized spacial score (nSPS) is 23.6. The van der Waals surface area contributed by atoms with Crippen LogP contribution < -0.4 is 11.1 Å². The van der Waals surface area contributed by atoms with E-state index in [1.807, 2.05) is 6.07 Å². The van der Waals surface area contributed by atoms with Crippen molar-refractivity contribution in [3.63, 3.8) is 0 Å². The average molecular weight is 205 g/mol. The topological polar surface area (TPSA) is 68.0 Å². The Kier molecular flexibility index (Phi) is 2.68. The maximum absolute atomic E-state index is 11.6. The van der Waals surface area contributed by atoms with E-state index in [9.17, 15) is 4.79 Å². The molecule has 1 aliphatic rings. The number of nitrogens with zero attached hydrogens (tertiary/aromatic N) is 1. The minimum absolute atomic E-state index is 0.0899. The van der Waals surface area contributed by atoms with Gasteiger partial charge in [-0.3, -0.25) is 9.78 Å². The fourth-order valence-corrected chi connectivity index (χ4v) is 1.45. The third-order valence-electron chi connectivity index (χ3n) is 2.72. The SMILES string of the molecule is CC1CC1NC(=O)c1ccc(CN)cn1. The highest BCUT2D eigenvalue weighted by Crippen LogP contribution is 2.29. The van der Waals surface area contributed by atoms with Crippen molar-refractivity contribution >= 4 is 5.91 Å². The van der Waals surface area contributed by atoms with Crippen molar-refractivity contribution in [2.45, 2.75) is 25.9 Å². The number of carbonyl (C=O) groups excluding carboxylic acids is 1. The zero-order chi connectivity index (χ0) is 10.8. The number of hydrogen-bond acceptors (Lipinski definition) is 3. The molecule has 0 aliphatic heterocycles. The van der Waals surface area contributed by atoms with Crippen molar-refractivity contribution in [3.05, 3.63) is 29.6 Å². The maximum atomic E-state index is 11.6. The van der Waals surface area contributed by atoms with Crippen molar-refractivity contribution in [3.8, 4) is 0 Å². The number of nitrogens with one attached hydrogen (secondary N) is 1. The standard InChI is InChI=1S/C11H15N3O/c1-7-4-10(7)14-11(15)9-3-2-8(5-12)6-13-9/h2-3,6-7,10H,4-5,12H2,1H3,(H,14,15). The number of pyridine rings is 1. The van der Waals surface area contributed by atoms with Gasteiger partial charge in [-0.1, -0.05) is 13.0 Å². The van der Waals surface area contributed by atoms with Gasteiger partial charge in [0.2, 0.25) is 0 Å². The van der Waals surface area contributed by atoms with E-state index in [4.69, 9.17) is 5.73 Å². The molecule has 1 saturated carbocycles. The van der Waals surface area contributed by atoms with E-state index in [1.165, 1.54) is 0 Å². The van der Waals surface area contributed by atoms with Gasteiger partial charge in [0.05, 0.1) is 0 Å². The lowest BCUT2D eigenvalue weighted by Crippen LogP contribution is -2.27. The molecule has 1 aliphatic carbocycles. The molecule has 1 aromatic rings. The Morgan fingerprint density at radius 1 is 1.67 bits per heavy atom. The molecule has 0 radical (unpaired) electrons. The van der Waals surface area contributed by atoms with Crippen molar-refractivity contribution in [1.29, 1.82) is 0 Å². The molecule has 1 amide bonds. The molecule has 80 valence electrons. The molecular formula is C11H15N3O. The summed E-state index contributed by atoms with van der Waals surface area (Å²) in [4.78, 5) is 15.7. The Bertz CT molecular complexity index is 361. The highest BCUT2D eigenvalue weighted by Gasteiger charge is 2.34. The Morgan fingerprint density at radius 3 is 2.87 bits per heavy atom. The summed E-state index contributed by atoms with van der Waals surface area (Å²) in [6.07, 6.45) is 2.72. The summed E-state index contributed by atoms with van der Waals surface area (Å²) >= 11 is 0. The highest BCUT2D eigenvalue weighted by molar-refractivity contribution is 5.92. The third-order valence-corrected chi connectivity index (χ3v) is 2.72. The van der Waals surface area contributed by atoms with Crippen LogP contribution in [0.1, 0.15) is 29.4 Å². The first kappa shape index (κ1) is 10.1. The summed E-state index contributed by atoms with van der Waals surface area (Å²) in [6.45, 7) is 2.57. The Morgan fingerprint density at radius 2 is 2.40 bits per heavy atom. The van der Waals surface area contributed by atoms with Gasteiger partial charge in [0.25, 0.3) is 5.91 Å². The lowest BCUT2D eigenvalue weighted by Gasteiger charge is -2.03. The second kappa shape index (κ2) is 3.98. The predicted octanol–water partition coefficient (Wildman–Crippen LogP) is 0.679. The molecule has 4 heteroatoms. The van der Waals surface area contributed by atoms with E-state index < -0.39 is 0 Å². The molecule has 2 unspecified atom stereocenters. The fraction of sp³-hybridized carbons (Fsp3) is 0.455. The monoisotopic (exact) mass is 205 g/mol. The average Bonchev–Trinajstić information content (AvgIpc) is 2.94. The van der Waals surface area contributed by atoms with Crippen LogP contribution in [0.5, 0.6) is 0 Å². The van der Waals surface area contributed by atoms with E-state index >= 15 is 0 Å². The number of amides is 1. The molecule has 3 N–H and O–H groups in total. The number of carbonyl (C=O) groups is 1. The lowest BCUT2D eigenvalue weighted by atomic mass is 10.2. The molecule has 1 heterocycles. The molecular weight excluding hydrogens is 190 g/mol. The summed E-state index contributed by atoms with van der Waals surface area (Å²) in [5, 5.41) is 2.92. The molecule has 0 saturated heterocycles. The van der Waals surface area contributed by atoms with Gasteiger partial charge >= 0.3 is 0 Å². The van der Waals surface area contributed by atoms with E-state index in [0.717, 1.165) is 12.0 Å². The van der Waals surface area contributed by atoms with Crippen LogP contribution in [-0.2, 0) is 6.54 Å². The number of nitrogens with two attached hydrogens (primary N) is 1. The Hall–Kier alpha value is -1.42. The molecule has 2 atom stereocenters. The summed E-state index contributed by atoms with van der Waals surface area (Å²) in [7, 11) is 0. The van der Waals surface area contributed by atoms with E-state index in [0.29, 0.717) is 24.2 Å². The smallest absolute Gasteiger partial charge is 0.270 e. The van der Waals surface area contributed by atoms with Crippen LogP contribution in [-0.4, -0.2) is 16.9 Å². The minimum atomic E-state index is -0.0899. The zero-order valence-corrected chi connectivity index (χ0v) is 8.73. The van der Waals surface area contributed by atoms with Crippen LogP contribution in [0.3, 0.4) is 0 Å². The van der Waals surface area contributed by atoms with Gasteiger partial charge in [0.1, 0.15) is 5.69 Å². The number of hydrogen-bond donors (Lipinski definition) is 2. The first-order valence-corrected chi connectivity index (χ1v) is 5.16. The van der Waals surface area contributed by atoms with Gasteiger partial charge in [-0.15, -0.1) is 0 Å². The molecule has 0 aromatic carbocycles. The van der Waals surface area contributed by atoms with E-state index in [-0.39, 0.29) is 5.91 Å². The molecule has 2 rings (SSSR count). The molecule has 1 aromatic heterocycles. The highest BCUT2D eigenvalue weighted by atomic mass is 16.2. The van der Waals surface area contributed by atoms with Gasteiger partial charge < -0.3 is 11.1 Å². The zero-order valence-electron chi connectivity index (χ0n) is 8.73. The van der Waals surface area contributed by atoms with Crippen molar-refractivity contribution in [2.24, 2.45) is 11.7 Å². The summed E-state index contributed by atoms with van der Waals surface area (Å²) < 4.78 is 0. The van der Waals surface area contributed by atoms with Crippen molar-refractivity contribution in [2.75, 3.05) is 0 Å². The molecule has 0 bridgehead atoms. The largest absolute Gasteiger partial charge is 0.348 e. The summed E-state index contributed by atoms with van der Waals surface area (Å²) in [6, 6.07) is 3.89. The quantitative estimate of drug-likeness (QED) is 0.762. The predicted molar refractivity (Wildman–Crippen MR) is 57.2 cm³/mol. The maximum Gasteiger partial charge on any atom is 0.270 e. The molecule has 4 nitrogen and oxygen atoms in total. The van der Waals surface area contributed by atoms with E-state index in [2.05, 4.69) is 17.2 Å². The first-order chi connectivity index (χ1) is 7.20. The van der Waals surface area contributed by atoms with Gasteiger partial charge in [-0.05, 0) is 24.0 Å². The molecule has 0 spiro atoms. The summed E-state index contributed by atoms with van der Waals surface area (Å²) in [5.74, 6) is 0.519. The number of rotatable bonds is 3. The van der Waals surface area contributed by atoms with Crippen LogP contribution in [0.2, 0.25) is 0 Å². The van der Waals surface area contributed by atoms with E-state index in [1.54, 1.807) is 12.3 Å². The molecule has 1 fully saturated rings. The third kappa shape index (κ3) is 2.33. The Labute approximate surface area is 88.9 Å². The second-order valence-corrected chi connectivity index (χ2v) is 4.05. The minimum Gasteiger partial charge on any atom is -0.348 e.